The van der Waals surface area contributed by atoms with E-state index in [0.29, 0.717) is 12.1 Å². The summed E-state index contributed by atoms with van der Waals surface area (Å²) in [6, 6.07) is 19.7. The topological polar surface area (TPSA) is 40.6 Å². The summed E-state index contributed by atoms with van der Waals surface area (Å²) >= 11 is 1.76. The minimum Gasteiger partial charge on any atom is -0.330 e. The molecule has 2 amide bonds. The molecular formula is C26H28N2O2S. The van der Waals surface area contributed by atoms with E-state index in [-0.39, 0.29) is 30.4 Å². The van der Waals surface area contributed by atoms with Gasteiger partial charge >= 0.3 is 0 Å². The minimum absolute atomic E-state index is 0.0140. The summed E-state index contributed by atoms with van der Waals surface area (Å²) in [5.41, 5.74) is 4.03. The highest BCUT2D eigenvalue weighted by Crippen LogP contribution is 2.37. The molecule has 1 aliphatic heterocycles. The molecule has 1 aliphatic rings. The van der Waals surface area contributed by atoms with Gasteiger partial charge in [0.05, 0.1) is 6.04 Å². The van der Waals surface area contributed by atoms with E-state index in [2.05, 4.69) is 23.6 Å². The van der Waals surface area contributed by atoms with Gasteiger partial charge in [0.2, 0.25) is 5.91 Å². The Bertz CT molecular complexity index is 1060. The van der Waals surface area contributed by atoms with Crippen molar-refractivity contribution in [2.75, 3.05) is 13.1 Å². The molecule has 2 heterocycles. The van der Waals surface area contributed by atoms with Gasteiger partial charge in [0, 0.05) is 23.0 Å². The first-order chi connectivity index (χ1) is 15.0. The van der Waals surface area contributed by atoms with E-state index >= 15 is 0 Å². The van der Waals surface area contributed by atoms with Crippen LogP contribution >= 0.6 is 11.3 Å². The Morgan fingerprint density at radius 2 is 1.77 bits per heavy atom. The van der Waals surface area contributed by atoms with Crippen molar-refractivity contribution in [2.24, 2.45) is 0 Å². The molecule has 5 heteroatoms. The number of hydrogen-bond acceptors (Lipinski definition) is 3. The number of carbonyl (C=O) groups excluding carboxylic acids is 2. The quantitative estimate of drug-likeness (QED) is 0.564. The lowest BCUT2D eigenvalue weighted by Crippen LogP contribution is -2.48. The Hall–Kier alpha value is -2.92. The highest BCUT2D eigenvalue weighted by atomic mass is 32.1. The van der Waals surface area contributed by atoms with Gasteiger partial charge < -0.3 is 9.80 Å². The minimum atomic E-state index is -0.104. The smallest absolute Gasteiger partial charge is 0.254 e. The van der Waals surface area contributed by atoms with Gasteiger partial charge in [0.15, 0.2) is 0 Å². The zero-order valence-electron chi connectivity index (χ0n) is 18.2. The van der Waals surface area contributed by atoms with Crippen molar-refractivity contribution in [2.45, 2.75) is 39.3 Å². The highest BCUT2D eigenvalue weighted by Gasteiger charge is 2.34. The number of aryl methyl sites for hydroxylation is 1. The lowest BCUT2D eigenvalue weighted by atomic mass is 9.93. The lowest BCUT2D eigenvalue weighted by Gasteiger charge is -2.38. The maximum absolute atomic E-state index is 13.6. The molecule has 0 N–H and O–H groups in total. The van der Waals surface area contributed by atoms with E-state index in [9.17, 15) is 9.59 Å². The Labute approximate surface area is 188 Å². The van der Waals surface area contributed by atoms with Gasteiger partial charge in [-0.1, -0.05) is 48.0 Å². The molecule has 1 aromatic heterocycles. The third-order valence-corrected chi connectivity index (χ3v) is 6.89. The Morgan fingerprint density at radius 3 is 2.45 bits per heavy atom. The molecule has 0 saturated heterocycles. The van der Waals surface area contributed by atoms with Gasteiger partial charge in [-0.05, 0) is 61.9 Å². The first kappa shape index (κ1) is 21.3. The van der Waals surface area contributed by atoms with Crippen LogP contribution in [-0.4, -0.2) is 40.7 Å². The predicted octanol–water partition coefficient (Wildman–Crippen LogP) is 5.08. The summed E-state index contributed by atoms with van der Waals surface area (Å²) in [5, 5.41) is 2.11. The molecule has 4 nitrogen and oxygen atoms in total. The van der Waals surface area contributed by atoms with Gasteiger partial charge in [-0.3, -0.25) is 9.59 Å². The van der Waals surface area contributed by atoms with E-state index in [4.69, 9.17) is 0 Å². The van der Waals surface area contributed by atoms with E-state index in [1.165, 1.54) is 10.4 Å². The van der Waals surface area contributed by atoms with E-state index in [1.54, 1.807) is 16.2 Å². The number of rotatable bonds is 5. The fourth-order valence-electron chi connectivity index (χ4n) is 4.17. The molecule has 1 unspecified atom stereocenters. The van der Waals surface area contributed by atoms with Crippen molar-refractivity contribution in [3.8, 4) is 0 Å². The van der Waals surface area contributed by atoms with Gasteiger partial charge in [-0.2, -0.15) is 0 Å². The van der Waals surface area contributed by atoms with Crippen LogP contribution in [0.4, 0.5) is 0 Å². The van der Waals surface area contributed by atoms with Crippen LogP contribution in [0.1, 0.15) is 51.8 Å². The summed E-state index contributed by atoms with van der Waals surface area (Å²) in [7, 11) is 0. The van der Waals surface area contributed by atoms with Crippen LogP contribution < -0.4 is 0 Å². The standard InChI is InChI=1S/C26H28N2O2S/c1-18(2)28(26(30)21-11-9-19(3)10-12-21)17-24(29)27-15-13-23-22(14-16-31-23)25(27)20-7-5-4-6-8-20/h4-12,14,16,18,25H,13,15,17H2,1-3H3. The third kappa shape index (κ3) is 4.42. The highest BCUT2D eigenvalue weighted by molar-refractivity contribution is 7.10. The lowest BCUT2D eigenvalue weighted by molar-refractivity contribution is -0.134. The van der Waals surface area contributed by atoms with Gasteiger partial charge in [0.25, 0.3) is 5.91 Å². The summed E-state index contributed by atoms with van der Waals surface area (Å²) in [6.07, 6.45) is 0.857. The Balaban J connectivity index is 1.61. The third-order valence-electron chi connectivity index (χ3n) is 5.89. The number of amides is 2. The molecule has 2 aromatic carbocycles. The van der Waals surface area contributed by atoms with Crippen LogP contribution in [0.25, 0.3) is 0 Å². The summed E-state index contributed by atoms with van der Waals surface area (Å²) in [6.45, 7) is 6.66. The molecule has 160 valence electrons. The first-order valence-corrected chi connectivity index (χ1v) is 11.6. The maximum Gasteiger partial charge on any atom is 0.254 e. The zero-order valence-corrected chi connectivity index (χ0v) is 19.1. The molecule has 0 spiro atoms. The van der Waals surface area contributed by atoms with E-state index < -0.39 is 0 Å². The van der Waals surface area contributed by atoms with Crippen LogP contribution in [0, 0.1) is 6.92 Å². The molecule has 3 aromatic rings. The molecule has 1 atom stereocenters. The molecule has 0 radical (unpaired) electrons. The molecule has 4 rings (SSSR count). The SMILES string of the molecule is Cc1ccc(C(=O)N(CC(=O)N2CCc3sccc3C2c2ccccc2)C(C)C)cc1. The van der Waals surface area contributed by atoms with Crippen molar-refractivity contribution in [3.63, 3.8) is 0 Å². The van der Waals surface area contributed by atoms with Crippen molar-refractivity contribution >= 4 is 23.2 Å². The average molecular weight is 433 g/mol. The van der Waals surface area contributed by atoms with Crippen molar-refractivity contribution in [3.05, 3.63) is 93.2 Å². The fourth-order valence-corrected chi connectivity index (χ4v) is 5.07. The second-order valence-electron chi connectivity index (χ2n) is 8.34. The monoisotopic (exact) mass is 432 g/mol. The largest absolute Gasteiger partial charge is 0.330 e. The second-order valence-corrected chi connectivity index (χ2v) is 9.34. The number of nitrogens with zero attached hydrogens (tertiary/aromatic N) is 2. The Kier molecular flexibility index (Phi) is 6.23. The van der Waals surface area contributed by atoms with Crippen LogP contribution in [0.5, 0.6) is 0 Å². The van der Waals surface area contributed by atoms with Crippen LogP contribution in [0.15, 0.2) is 66.0 Å². The molecule has 0 fully saturated rings. The number of benzene rings is 2. The van der Waals surface area contributed by atoms with Crippen LogP contribution in [0.2, 0.25) is 0 Å². The zero-order chi connectivity index (χ0) is 22.0. The van der Waals surface area contributed by atoms with E-state index in [0.717, 1.165) is 17.5 Å². The normalized spacial score (nSPS) is 15.6. The predicted molar refractivity (Wildman–Crippen MR) is 125 cm³/mol. The van der Waals surface area contributed by atoms with Crippen molar-refractivity contribution in [1.29, 1.82) is 0 Å². The molecule has 0 aliphatic carbocycles. The number of carbonyl (C=O) groups is 2. The summed E-state index contributed by atoms with van der Waals surface area (Å²) in [5.74, 6) is -0.118. The van der Waals surface area contributed by atoms with Crippen LogP contribution in [0.3, 0.4) is 0 Å². The number of fused-ring (bicyclic) bond motifs is 1. The van der Waals surface area contributed by atoms with E-state index in [1.807, 2.05) is 68.1 Å². The molecular weight excluding hydrogens is 404 g/mol. The number of hydrogen-bond donors (Lipinski definition) is 0. The first-order valence-electron chi connectivity index (χ1n) is 10.7. The maximum atomic E-state index is 13.6. The second kappa shape index (κ2) is 9.06. The van der Waals surface area contributed by atoms with Gasteiger partial charge in [0.1, 0.15) is 6.54 Å². The average Bonchev–Trinajstić information content (AvgIpc) is 3.26. The van der Waals surface area contributed by atoms with Gasteiger partial charge in [-0.15, -0.1) is 11.3 Å². The van der Waals surface area contributed by atoms with Crippen molar-refractivity contribution < 1.29 is 9.59 Å². The van der Waals surface area contributed by atoms with Crippen molar-refractivity contribution in [1.82, 2.24) is 9.80 Å². The fraction of sp³-hybridized carbons (Fsp3) is 0.308. The van der Waals surface area contributed by atoms with Gasteiger partial charge in [-0.25, -0.2) is 0 Å². The molecule has 0 saturated carbocycles. The summed E-state index contributed by atoms with van der Waals surface area (Å²) < 4.78 is 0. The summed E-state index contributed by atoms with van der Waals surface area (Å²) in [4.78, 5) is 31.7. The molecule has 0 bridgehead atoms. The Morgan fingerprint density at radius 1 is 1.06 bits per heavy atom. The van der Waals surface area contributed by atoms with Crippen LogP contribution in [-0.2, 0) is 11.2 Å². The molecule has 31 heavy (non-hydrogen) atoms. The number of thiophene rings is 1.